The Labute approximate surface area is 138 Å². The number of carbonyl (C=O) groups excluding carboxylic acids is 1. The zero-order chi connectivity index (χ0) is 14.7. The molecule has 0 radical (unpaired) electrons. The highest BCUT2D eigenvalue weighted by Gasteiger charge is 2.06. The summed E-state index contributed by atoms with van der Waals surface area (Å²) in [4.78, 5) is 15.6. The zero-order valence-electron chi connectivity index (χ0n) is 9.75. The summed E-state index contributed by atoms with van der Waals surface area (Å²) in [5.41, 5.74) is 0.988. The van der Waals surface area contributed by atoms with Gasteiger partial charge in [0.1, 0.15) is 10.3 Å². The zero-order valence-corrected chi connectivity index (χ0v) is 13.6. The summed E-state index contributed by atoms with van der Waals surface area (Å²) < 4.78 is 0.760. The van der Waals surface area contributed by atoms with Crippen LogP contribution in [-0.2, 0) is 0 Å². The maximum Gasteiger partial charge on any atom is 0.323 e. The molecule has 0 bridgehead atoms. The summed E-state index contributed by atoms with van der Waals surface area (Å²) in [5, 5.41) is 6.12. The van der Waals surface area contributed by atoms with Gasteiger partial charge in [-0.15, -0.1) is 0 Å². The number of carbonyl (C=O) groups is 1. The highest BCUT2D eigenvalue weighted by molar-refractivity contribution is 9.10. The minimum atomic E-state index is -0.447. The molecule has 0 aliphatic rings. The van der Waals surface area contributed by atoms with Gasteiger partial charge in [-0.2, -0.15) is 0 Å². The van der Waals surface area contributed by atoms with Crippen molar-refractivity contribution in [1.82, 2.24) is 4.98 Å². The quantitative estimate of drug-likeness (QED) is 0.665. The maximum absolute atomic E-state index is 11.8. The van der Waals surface area contributed by atoms with Crippen molar-refractivity contribution in [2.75, 3.05) is 10.6 Å². The third kappa shape index (κ3) is 4.52. The fraction of sp³-hybridized carbons (Fsp3) is 0. The molecule has 0 spiro atoms. The van der Waals surface area contributed by atoms with E-state index in [1.54, 1.807) is 18.2 Å². The van der Waals surface area contributed by atoms with Gasteiger partial charge in [0.05, 0.1) is 0 Å². The second-order valence-electron chi connectivity index (χ2n) is 3.74. The van der Waals surface area contributed by atoms with Gasteiger partial charge in [0.15, 0.2) is 0 Å². The molecule has 104 valence electrons. The largest absolute Gasteiger partial charge is 0.323 e. The molecule has 0 saturated carbocycles. The van der Waals surface area contributed by atoms with Gasteiger partial charge in [0.2, 0.25) is 0 Å². The fourth-order valence-electron chi connectivity index (χ4n) is 1.46. The van der Waals surface area contributed by atoms with Crippen molar-refractivity contribution in [2.24, 2.45) is 0 Å². The van der Waals surface area contributed by atoms with Crippen molar-refractivity contribution >= 4 is 68.1 Å². The number of urea groups is 1. The van der Waals surface area contributed by atoms with Crippen LogP contribution >= 0.6 is 50.7 Å². The molecule has 2 amide bonds. The molecule has 0 unspecified atom stereocenters. The van der Waals surface area contributed by atoms with Crippen molar-refractivity contribution in [3.05, 3.63) is 50.1 Å². The Bertz CT molecular complexity index is 570. The Hall–Kier alpha value is -1.01. The molecule has 2 rings (SSSR count). The minimum Gasteiger partial charge on any atom is -0.308 e. The first-order valence-electron chi connectivity index (χ1n) is 5.29. The number of hydrogen-bond donors (Lipinski definition) is 2. The van der Waals surface area contributed by atoms with Crippen LogP contribution in [0.15, 0.2) is 34.8 Å². The molecule has 0 aliphatic heterocycles. The lowest BCUT2D eigenvalue weighted by Crippen LogP contribution is -2.19. The van der Waals surface area contributed by atoms with E-state index in [1.807, 2.05) is 0 Å². The molecule has 8 heteroatoms. The van der Waals surface area contributed by atoms with E-state index >= 15 is 0 Å². The smallest absolute Gasteiger partial charge is 0.308 e. The maximum atomic E-state index is 11.8. The highest BCUT2D eigenvalue weighted by Crippen LogP contribution is 2.23. The minimum absolute atomic E-state index is 0.193. The molecule has 0 saturated heterocycles. The van der Waals surface area contributed by atoms with E-state index < -0.39 is 6.03 Å². The molecule has 1 heterocycles. The molecule has 2 aromatic rings. The summed E-state index contributed by atoms with van der Waals surface area (Å²) in [6, 6.07) is 7.59. The number of halogens is 4. The average molecular weight is 395 g/mol. The number of pyridine rings is 1. The number of nitrogens with zero attached hydrogens (tertiary/aromatic N) is 1. The van der Waals surface area contributed by atoms with E-state index in [9.17, 15) is 4.79 Å². The summed E-state index contributed by atoms with van der Waals surface area (Å²) >= 11 is 20.7. The number of rotatable bonds is 2. The molecule has 1 aromatic heterocycles. The lowest BCUT2D eigenvalue weighted by atomic mass is 10.3. The molecule has 2 N–H and O–H groups in total. The summed E-state index contributed by atoms with van der Waals surface area (Å²) in [6.45, 7) is 0. The number of benzene rings is 1. The first-order chi connectivity index (χ1) is 9.42. The Kier molecular flexibility index (Phi) is 5.10. The van der Waals surface area contributed by atoms with Crippen molar-refractivity contribution in [3.63, 3.8) is 0 Å². The Morgan fingerprint density at radius 3 is 2.05 bits per heavy atom. The normalized spacial score (nSPS) is 10.2. The molecule has 4 nitrogen and oxygen atoms in total. The third-order valence-electron chi connectivity index (χ3n) is 2.14. The molecule has 1 aromatic carbocycles. The predicted octanol–water partition coefficient (Wildman–Crippen LogP) is 5.45. The van der Waals surface area contributed by atoms with Crippen molar-refractivity contribution in [2.45, 2.75) is 0 Å². The van der Waals surface area contributed by atoms with Gasteiger partial charge < -0.3 is 10.6 Å². The van der Waals surface area contributed by atoms with Crippen LogP contribution in [0.2, 0.25) is 15.3 Å². The van der Waals surface area contributed by atoms with Gasteiger partial charge in [-0.05, 0) is 30.3 Å². The summed E-state index contributed by atoms with van der Waals surface area (Å²) in [6.07, 6.45) is 0. The topological polar surface area (TPSA) is 54.0 Å². The van der Waals surface area contributed by atoms with Crippen LogP contribution in [0.5, 0.6) is 0 Å². The van der Waals surface area contributed by atoms with E-state index in [-0.39, 0.29) is 10.3 Å². The van der Waals surface area contributed by atoms with Gasteiger partial charge in [-0.25, -0.2) is 9.78 Å². The van der Waals surface area contributed by atoms with E-state index in [1.165, 1.54) is 12.1 Å². The van der Waals surface area contributed by atoms with Gasteiger partial charge >= 0.3 is 6.03 Å². The van der Waals surface area contributed by atoms with Crippen LogP contribution in [0, 0.1) is 0 Å². The van der Waals surface area contributed by atoms with Gasteiger partial charge in [0.25, 0.3) is 0 Å². The van der Waals surface area contributed by atoms with Gasteiger partial charge in [-0.3, -0.25) is 0 Å². The first-order valence-corrected chi connectivity index (χ1v) is 7.22. The van der Waals surface area contributed by atoms with Crippen LogP contribution in [0.1, 0.15) is 0 Å². The molecule has 20 heavy (non-hydrogen) atoms. The Morgan fingerprint density at radius 2 is 1.50 bits per heavy atom. The average Bonchev–Trinajstić information content (AvgIpc) is 2.24. The van der Waals surface area contributed by atoms with E-state index in [2.05, 4.69) is 31.5 Å². The highest BCUT2D eigenvalue weighted by atomic mass is 79.9. The standard InChI is InChI=1S/C12H7BrCl3N3O/c13-6-1-7(14)3-8(2-6)17-12(20)18-9-4-10(15)19-11(16)5-9/h1-5H,(H2,17,18,19,20). The van der Waals surface area contributed by atoms with Crippen LogP contribution < -0.4 is 10.6 Å². The lowest BCUT2D eigenvalue weighted by Gasteiger charge is -2.09. The SMILES string of the molecule is O=C(Nc1cc(Cl)cc(Br)c1)Nc1cc(Cl)nc(Cl)c1. The van der Waals surface area contributed by atoms with E-state index in [0.717, 1.165) is 4.47 Å². The molecular formula is C12H7BrCl3N3O. The van der Waals surface area contributed by atoms with Crippen LogP contribution in [0.25, 0.3) is 0 Å². The van der Waals surface area contributed by atoms with Crippen molar-refractivity contribution < 1.29 is 4.79 Å². The second kappa shape index (κ2) is 6.63. The molecule has 0 fully saturated rings. The van der Waals surface area contributed by atoms with Crippen LogP contribution in [0.3, 0.4) is 0 Å². The Balaban J connectivity index is 2.08. The first kappa shape index (κ1) is 15.4. The number of hydrogen-bond acceptors (Lipinski definition) is 2. The molecule has 0 aliphatic carbocycles. The predicted molar refractivity (Wildman–Crippen MR) is 86.1 cm³/mol. The van der Waals surface area contributed by atoms with Crippen LogP contribution in [0.4, 0.5) is 16.2 Å². The van der Waals surface area contributed by atoms with Gasteiger partial charge in [-0.1, -0.05) is 50.7 Å². The Morgan fingerprint density at radius 1 is 0.950 bits per heavy atom. The monoisotopic (exact) mass is 393 g/mol. The van der Waals surface area contributed by atoms with Crippen molar-refractivity contribution in [3.8, 4) is 0 Å². The van der Waals surface area contributed by atoms with Crippen LogP contribution in [-0.4, -0.2) is 11.0 Å². The van der Waals surface area contributed by atoms with Gasteiger partial charge in [0, 0.05) is 20.9 Å². The second-order valence-corrected chi connectivity index (χ2v) is 5.87. The summed E-state index contributed by atoms with van der Waals surface area (Å²) in [7, 11) is 0. The fourth-order valence-corrected chi connectivity index (χ4v) is 2.78. The molecule has 0 atom stereocenters. The van der Waals surface area contributed by atoms with E-state index in [0.29, 0.717) is 16.4 Å². The lowest BCUT2D eigenvalue weighted by molar-refractivity contribution is 0.262. The number of nitrogens with one attached hydrogen (secondary N) is 2. The molecular weight excluding hydrogens is 388 g/mol. The number of anilines is 2. The third-order valence-corrected chi connectivity index (χ3v) is 3.20. The van der Waals surface area contributed by atoms with Crippen molar-refractivity contribution in [1.29, 1.82) is 0 Å². The van der Waals surface area contributed by atoms with E-state index in [4.69, 9.17) is 34.8 Å². The number of aromatic nitrogens is 1. The summed E-state index contributed by atoms with van der Waals surface area (Å²) in [5.74, 6) is 0. The number of amides is 2.